The number of nitro groups is 1. The number of halogens is 4. The fourth-order valence-electron chi connectivity index (χ4n) is 7.48. The molecule has 0 unspecified atom stereocenters. The lowest BCUT2D eigenvalue weighted by atomic mass is 10.1. The predicted molar refractivity (Wildman–Crippen MR) is 313 cm³/mol. The van der Waals surface area contributed by atoms with E-state index in [9.17, 15) is 24.5 Å². The van der Waals surface area contributed by atoms with Crippen LogP contribution in [0.5, 0.6) is 34.5 Å². The van der Waals surface area contributed by atoms with Crippen molar-refractivity contribution in [3.63, 3.8) is 0 Å². The van der Waals surface area contributed by atoms with Crippen molar-refractivity contribution in [3.8, 4) is 34.5 Å². The van der Waals surface area contributed by atoms with Gasteiger partial charge in [-0.2, -0.15) is 0 Å². The monoisotopic (exact) mass is 1340 g/mol. The summed E-state index contributed by atoms with van der Waals surface area (Å²) in [7, 11) is 2.98. The lowest BCUT2D eigenvalue weighted by molar-refractivity contribution is -0.385. The van der Waals surface area contributed by atoms with Gasteiger partial charge in [0.2, 0.25) is 0 Å². The van der Waals surface area contributed by atoms with E-state index in [1.54, 1.807) is 46.9 Å². The van der Waals surface area contributed by atoms with E-state index in [0.29, 0.717) is 60.1 Å². The van der Waals surface area contributed by atoms with E-state index in [0.717, 1.165) is 22.3 Å². The second-order valence-corrected chi connectivity index (χ2v) is 21.6. The zero-order chi connectivity index (χ0) is 57.1. The van der Waals surface area contributed by atoms with Crippen molar-refractivity contribution in [2.45, 2.75) is 72.2 Å². The van der Waals surface area contributed by atoms with E-state index in [4.69, 9.17) is 38.1 Å². The number of hydrogen-bond donors (Lipinski definition) is 2. The number of alkyl carbamates (subject to hydrolysis) is 1. The number of rotatable bonds is 26. The maximum absolute atomic E-state index is 14.0. The van der Waals surface area contributed by atoms with Crippen LogP contribution in [0.1, 0.15) is 61.1 Å². The van der Waals surface area contributed by atoms with Crippen LogP contribution in [0, 0.1) is 10.1 Å². The Morgan fingerprint density at radius 1 is 0.595 bits per heavy atom. The van der Waals surface area contributed by atoms with Gasteiger partial charge in [-0.1, -0.05) is 77.0 Å². The lowest BCUT2D eigenvalue weighted by Gasteiger charge is -2.19. The molecule has 0 aromatic heterocycles. The van der Waals surface area contributed by atoms with Crippen molar-refractivity contribution in [3.05, 3.63) is 177 Å². The molecule has 0 aliphatic carbocycles. The van der Waals surface area contributed by atoms with Gasteiger partial charge in [0.1, 0.15) is 36.0 Å². The molecule has 0 saturated carbocycles. The summed E-state index contributed by atoms with van der Waals surface area (Å²) < 4.78 is 36.7. The second-order valence-electron chi connectivity index (χ2n) is 18.2. The minimum absolute atomic E-state index is 0.0409. The number of amides is 2. The number of hydrogen-bond acceptors (Lipinski definition) is 15. The van der Waals surface area contributed by atoms with Gasteiger partial charge >= 0.3 is 12.1 Å². The highest BCUT2D eigenvalue weighted by atomic mass is 79.9. The van der Waals surface area contributed by atoms with Gasteiger partial charge in [0.25, 0.3) is 11.6 Å². The Hall–Kier alpha value is -7.01. The van der Waals surface area contributed by atoms with Crippen LogP contribution in [-0.4, -0.2) is 73.8 Å². The summed E-state index contributed by atoms with van der Waals surface area (Å²) in [6.45, 7) is 7.79. The molecule has 18 nitrogen and oxygen atoms in total. The van der Waals surface area contributed by atoms with Gasteiger partial charge in [0, 0.05) is 31.5 Å². The fourth-order valence-corrected chi connectivity index (χ4v) is 9.76. The zero-order valence-corrected chi connectivity index (χ0v) is 50.3. The van der Waals surface area contributed by atoms with E-state index in [1.807, 2.05) is 91.0 Å². The number of methoxy groups -OCH3 is 2. The van der Waals surface area contributed by atoms with Crippen LogP contribution in [0.15, 0.2) is 143 Å². The molecule has 0 spiro atoms. The number of esters is 1. The second kappa shape index (κ2) is 29.8. The number of carbonyl (C=O) groups is 3. The molecule has 0 bridgehead atoms. The molecule has 0 saturated heterocycles. The molecule has 2 N–H and O–H groups in total. The normalized spacial score (nSPS) is 11.5. The predicted octanol–water partition coefficient (Wildman–Crippen LogP) is 13.5. The summed E-state index contributed by atoms with van der Waals surface area (Å²) in [6.07, 6.45) is 0.0903. The van der Waals surface area contributed by atoms with Crippen molar-refractivity contribution in [1.82, 2.24) is 10.6 Å². The van der Waals surface area contributed by atoms with Crippen LogP contribution >= 0.6 is 63.7 Å². The molecule has 6 aromatic rings. The molecule has 6 aromatic carbocycles. The molecule has 2 amide bonds. The highest BCUT2D eigenvalue weighted by Gasteiger charge is 2.26. The molecular weight excluding hydrogens is 1280 g/mol. The first kappa shape index (κ1) is 61.2. The van der Waals surface area contributed by atoms with E-state index in [2.05, 4.69) is 84.7 Å². The summed E-state index contributed by atoms with van der Waals surface area (Å²) in [5.41, 5.74) is 2.94. The molecular formula is C57H57Br4N5O13. The summed E-state index contributed by atoms with van der Waals surface area (Å²) in [5.74, 6) is 0.609. The van der Waals surface area contributed by atoms with E-state index in [-0.39, 0.29) is 79.1 Å². The van der Waals surface area contributed by atoms with Crippen molar-refractivity contribution in [1.29, 1.82) is 0 Å². The minimum Gasteiger partial charge on any atom is -0.492 e. The molecule has 0 aliphatic heterocycles. The Morgan fingerprint density at radius 3 is 1.70 bits per heavy atom. The van der Waals surface area contributed by atoms with Gasteiger partial charge in [-0.05, 0) is 175 Å². The highest BCUT2D eigenvalue weighted by molar-refractivity contribution is 9.11. The van der Waals surface area contributed by atoms with Gasteiger partial charge in [0.15, 0.2) is 28.7 Å². The largest absolute Gasteiger partial charge is 0.492 e. The number of nitro benzene ring substituents is 1. The van der Waals surface area contributed by atoms with Gasteiger partial charge < -0.3 is 48.7 Å². The number of ether oxygens (including phenoxy) is 6. The number of nitrogens with zero attached hydrogens (tertiary/aromatic N) is 3. The minimum atomic E-state index is -0.792. The van der Waals surface area contributed by atoms with E-state index < -0.39 is 28.5 Å². The molecule has 0 fully saturated rings. The summed E-state index contributed by atoms with van der Waals surface area (Å²) >= 11 is 14.3. The third kappa shape index (κ3) is 18.8. The average Bonchev–Trinajstić information content (AvgIpc) is 3.41. The Kier molecular flexibility index (Phi) is 23.1. The Labute approximate surface area is 491 Å². The smallest absolute Gasteiger partial charge is 0.407 e. The van der Waals surface area contributed by atoms with Crippen molar-refractivity contribution in [2.24, 2.45) is 10.3 Å². The number of carbonyl (C=O) groups excluding carboxylic acids is 3. The first-order chi connectivity index (χ1) is 37.8. The highest BCUT2D eigenvalue weighted by Crippen LogP contribution is 2.44. The fraction of sp³-hybridized carbons (Fsp3) is 0.281. The SMILES string of the molecule is CCOC(=O)/C(Cc1cc(Br)c(Oc2cc(C/C(=N\OCc3ccccc3)C(=O)NCCc3ccc(Oc4cc(CCNC(=O)OC(C)(C)C)cc(Br)c4OC)c(Br)c3)cc(Br)c2OC)cc1[N+](=O)[O-])=N/OCc1ccccc1. The third-order valence-electron chi connectivity index (χ3n) is 11.1. The average molecular weight is 1340 g/mol. The summed E-state index contributed by atoms with van der Waals surface area (Å²) in [6, 6.07) is 33.9. The van der Waals surface area contributed by atoms with Gasteiger partial charge in [-0.3, -0.25) is 14.9 Å². The van der Waals surface area contributed by atoms with E-state index >= 15 is 0 Å². The van der Waals surface area contributed by atoms with Crippen molar-refractivity contribution < 1.29 is 57.4 Å². The summed E-state index contributed by atoms with van der Waals surface area (Å²) in [5, 5.41) is 26.7. The lowest BCUT2D eigenvalue weighted by Crippen LogP contribution is -2.34. The van der Waals surface area contributed by atoms with Crippen LogP contribution in [0.25, 0.3) is 0 Å². The molecule has 22 heteroatoms. The Balaban J connectivity index is 1.17. The van der Waals surface area contributed by atoms with Crippen molar-refractivity contribution >= 4 is 98.8 Å². The first-order valence-electron chi connectivity index (χ1n) is 24.6. The molecule has 0 aliphatic rings. The number of nitrogens with one attached hydrogen (secondary N) is 2. The molecule has 0 heterocycles. The Bertz CT molecular complexity index is 3180. The quantitative estimate of drug-likeness (QED) is 0.0224. The van der Waals surface area contributed by atoms with Gasteiger partial charge in [0.05, 0.1) is 49.7 Å². The molecule has 6 rings (SSSR count). The molecule has 416 valence electrons. The van der Waals surface area contributed by atoms with Crippen LogP contribution in [0.2, 0.25) is 0 Å². The van der Waals surface area contributed by atoms with Crippen LogP contribution < -0.4 is 29.6 Å². The molecule has 0 radical (unpaired) electrons. The Morgan fingerprint density at radius 2 is 1.13 bits per heavy atom. The maximum atomic E-state index is 14.0. The standard InChI is InChI=1S/C57H57Br4N5O13/c1-7-74-55(68)46(65-76-34-37-16-12-9-13-17-37)31-40-30-42(59)49(32-47(40)66(70)71)78-51-29-39(26-44(61)53(51)73-6)27-45(64-75-33-36-14-10-8-11-15-36)54(67)62-22-20-35-18-19-48(41(58)24-35)77-50-28-38(25-43(60)52(50)72-5)21-23-63-56(69)79-57(2,3)4/h8-19,24-26,28-30,32H,7,20-23,27,31,33-34H2,1-6H3,(H,62,67)(H,63,69)/b64-45+,65-46+. The molecule has 79 heavy (non-hydrogen) atoms. The van der Waals surface area contributed by atoms with Crippen LogP contribution in [-0.2, 0) is 67.6 Å². The third-order valence-corrected chi connectivity index (χ3v) is 13.5. The van der Waals surface area contributed by atoms with Crippen LogP contribution in [0.3, 0.4) is 0 Å². The van der Waals surface area contributed by atoms with E-state index in [1.165, 1.54) is 19.2 Å². The zero-order valence-electron chi connectivity index (χ0n) is 44.0. The van der Waals surface area contributed by atoms with Crippen molar-refractivity contribution in [2.75, 3.05) is 33.9 Å². The maximum Gasteiger partial charge on any atom is 0.407 e. The number of benzene rings is 6. The first-order valence-corrected chi connectivity index (χ1v) is 27.7. The van der Waals surface area contributed by atoms with Gasteiger partial charge in [-0.15, -0.1) is 0 Å². The topological polar surface area (TPSA) is 217 Å². The van der Waals surface area contributed by atoms with Gasteiger partial charge in [-0.25, -0.2) is 9.59 Å². The summed E-state index contributed by atoms with van der Waals surface area (Å²) in [4.78, 5) is 62.4. The number of oxime groups is 2. The van der Waals surface area contributed by atoms with Crippen LogP contribution in [0.4, 0.5) is 10.5 Å². The molecule has 0 atom stereocenters.